The predicted octanol–water partition coefficient (Wildman–Crippen LogP) is 1.61. The molecule has 1 aromatic carbocycles. The Morgan fingerprint density at radius 2 is 1.90 bits per heavy atom. The van der Waals surface area contributed by atoms with Crippen molar-refractivity contribution in [2.45, 2.75) is 18.9 Å². The van der Waals surface area contributed by atoms with Crippen molar-refractivity contribution >= 4 is 16.7 Å². The average molecular weight is 289 g/mol. The smallest absolute Gasteiger partial charge is 0.162 e. The maximum atomic E-state index is 10.2. The van der Waals surface area contributed by atoms with Gasteiger partial charge < -0.3 is 19.5 Å². The second-order valence-electron chi connectivity index (χ2n) is 5.59. The van der Waals surface area contributed by atoms with Gasteiger partial charge in [0.1, 0.15) is 12.1 Å². The molecule has 0 spiro atoms. The zero-order valence-electron chi connectivity index (χ0n) is 12.5. The zero-order valence-corrected chi connectivity index (χ0v) is 12.5. The van der Waals surface area contributed by atoms with E-state index < -0.39 is 5.60 Å². The fourth-order valence-corrected chi connectivity index (χ4v) is 2.75. The molecule has 6 nitrogen and oxygen atoms in total. The van der Waals surface area contributed by atoms with Crippen LogP contribution in [0, 0.1) is 0 Å². The van der Waals surface area contributed by atoms with Crippen LogP contribution in [0.5, 0.6) is 11.5 Å². The van der Waals surface area contributed by atoms with Crippen molar-refractivity contribution in [3.63, 3.8) is 0 Å². The number of rotatable bonds is 3. The topological polar surface area (TPSA) is 67.7 Å². The normalized spacial score (nSPS) is 21.8. The Morgan fingerprint density at radius 3 is 2.52 bits per heavy atom. The number of ether oxygens (including phenoxy) is 2. The predicted molar refractivity (Wildman–Crippen MR) is 80.1 cm³/mol. The van der Waals surface area contributed by atoms with E-state index in [1.807, 2.05) is 19.1 Å². The van der Waals surface area contributed by atoms with Crippen LogP contribution in [0.4, 0.5) is 5.82 Å². The Labute approximate surface area is 123 Å². The standard InChI is InChI=1S/C15H19N3O3/c1-15(19)4-5-18(8-15)14-10-6-12(20-2)13(21-3)7-11(10)16-9-17-14/h6-7,9,19H,4-5,8H2,1-3H3. The minimum absolute atomic E-state index is 0.563. The summed E-state index contributed by atoms with van der Waals surface area (Å²) in [5, 5.41) is 11.0. The summed E-state index contributed by atoms with van der Waals surface area (Å²) in [4.78, 5) is 10.8. The summed E-state index contributed by atoms with van der Waals surface area (Å²) in [5.74, 6) is 2.11. The SMILES string of the molecule is COc1cc2ncnc(N3CCC(C)(O)C3)c2cc1OC. The van der Waals surface area contributed by atoms with Crippen LogP contribution in [0.3, 0.4) is 0 Å². The van der Waals surface area contributed by atoms with E-state index in [4.69, 9.17) is 9.47 Å². The third-order valence-corrected chi connectivity index (χ3v) is 3.87. The summed E-state index contributed by atoms with van der Waals surface area (Å²) < 4.78 is 10.7. The molecule has 0 amide bonds. The first-order valence-corrected chi connectivity index (χ1v) is 6.88. The monoisotopic (exact) mass is 289 g/mol. The Bertz CT molecular complexity index is 673. The van der Waals surface area contributed by atoms with Crippen molar-refractivity contribution in [1.82, 2.24) is 9.97 Å². The first-order valence-electron chi connectivity index (χ1n) is 6.88. The summed E-state index contributed by atoms with van der Waals surface area (Å²) in [5.41, 5.74) is 0.123. The van der Waals surface area contributed by atoms with Crippen LogP contribution < -0.4 is 14.4 Å². The number of fused-ring (bicyclic) bond motifs is 1. The van der Waals surface area contributed by atoms with E-state index in [0.717, 1.165) is 29.7 Å². The minimum Gasteiger partial charge on any atom is -0.493 e. The van der Waals surface area contributed by atoms with Gasteiger partial charge in [0.2, 0.25) is 0 Å². The molecule has 1 unspecified atom stereocenters. The second-order valence-corrected chi connectivity index (χ2v) is 5.59. The molecule has 1 aliphatic rings. The van der Waals surface area contributed by atoms with Gasteiger partial charge in [-0.15, -0.1) is 0 Å². The van der Waals surface area contributed by atoms with Gasteiger partial charge in [0.15, 0.2) is 11.5 Å². The van der Waals surface area contributed by atoms with E-state index in [9.17, 15) is 5.11 Å². The summed E-state index contributed by atoms with van der Waals surface area (Å²) in [7, 11) is 3.21. The van der Waals surface area contributed by atoms with Crippen LogP contribution in [-0.4, -0.2) is 48.0 Å². The van der Waals surface area contributed by atoms with Gasteiger partial charge >= 0.3 is 0 Å². The van der Waals surface area contributed by atoms with Crippen molar-refractivity contribution in [2.75, 3.05) is 32.2 Å². The number of methoxy groups -OCH3 is 2. The highest BCUT2D eigenvalue weighted by atomic mass is 16.5. The number of aliphatic hydroxyl groups is 1. The van der Waals surface area contributed by atoms with E-state index in [1.165, 1.54) is 6.33 Å². The van der Waals surface area contributed by atoms with Crippen LogP contribution in [0.15, 0.2) is 18.5 Å². The summed E-state index contributed by atoms with van der Waals surface area (Å²) in [6.45, 7) is 3.18. The summed E-state index contributed by atoms with van der Waals surface area (Å²) >= 11 is 0. The first kappa shape index (κ1) is 13.9. The lowest BCUT2D eigenvalue weighted by molar-refractivity contribution is 0.0839. The molecule has 1 fully saturated rings. The highest BCUT2D eigenvalue weighted by Gasteiger charge is 2.32. The average Bonchev–Trinajstić information content (AvgIpc) is 2.85. The number of hydrogen-bond acceptors (Lipinski definition) is 6. The van der Waals surface area contributed by atoms with Gasteiger partial charge in [-0.05, 0) is 19.4 Å². The Kier molecular flexibility index (Phi) is 3.33. The molecule has 3 rings (SSSR count). The molecule has 2 aromatic rings. The van der Waals surface area contributed by atoms with Crippen molar-refractivity contribution < 1.29 is 14.6 Å². The lowest BCUT2D eigenvalue weighted by atomic mass is 10.1. The van der Waals surface area contributed by atoms with Gasteiger partial charge in [-0.1, -0.05) is 0 Å². The molecule has 0 aliphatic carbocycles. The summed E-state index contributed by atoms with van der Waals surface area (Å²) in [6.07, 6.45) is 2.27. The molecule has 1 N–H and O–H groups in total. The number of benzene rings is 1. The van der Waals surface area contributed by atoms with E-state index in [2.05, 4.69) is 14.9 Å². The van der Waals surface area contributed by atoms with Gasteiger partial charge in [0, 0.05) is 24.5 Å². The summed E-state index contributed by atoms with van der Waals surface area (Å²) in [6, 6.07) is 3.73. The van der Waals surface area contributed by atoms with Gasteiger partial charge in [0.05, 0.1) is 25.3 Å². The maximum absolute atomic E-state index is 10.2. The molecule has 6 heteroatoms. The van der Waals surface area contributed by atoms with E-state index in [1.54, 1.807) is 14.2 Å². The number of hydrogen-bond donors (Lipinski definition) is 1. The number of anilines is 1. The molecule has 1 aromatic heterocycles. The van der Waals surface area contributed by atoms with E-state index in [0.29, 0.717) is 18.0 Å². The molecular weight excluding hydrogens is 270 g/mol. The van der Waals surface area contributed by atoms with Crippen LogP contribution in [0.1, 0.15) is 13.3 Å². The van der Waals surface area contributed by atoms with Crippen molar-refractivity contribution in [3.05, 3.63) is 18.5 Å². The Morgan fingerprint density at radius 1 is 1.19 bits per heavy atom. The molecule has 0 saturated carbocycles. The number of β-amino-alcohol motifs (C(OH)–C–C–N with tert-alkyl or cyclic N) is 1. The van der Waals surface area contributed by atoms with E-state index >= 15 is 0 Å². The largest absolute Gasteiger partial charge is 0.493 e. The fourth-order valence-electron chi connectivity index (χ4n) is 2.75. The van der Waals surface area contributed by atoms with Crippen LogP contribution >= 0.6 is 0 Å². The van der Waals surface area contributed by atoms with Crippen LogP contribution in [0.25, 0.3) is 10.9 Å². The molecular formula is C15H19N3O3. The molecule has 112 valence electrons. The van der Waals surface area contributed by atoms with Crippen molar-refractivity contribution in [1.29, 1.82) is 0 Å². The highest BCUT2D eigenvalue weighted by Crippen LogP contribution is 2.36. The molecule has 1 aliphatic heterocycles. The molecule has 0 radical (unpaired) electrons. The van der Waals surface area contributed by atoms with Crippen LogP contribution in [0.2, 0.25) is 0 Å². The molecule has 0 bridgehead atoms. The highest BCUT2D eigenvalue weighted by molar-refractivity contribution is 5.92. The van der Waals surface area contributed by atoms with Crippen molar-refractivity contribution in [2.24, 2.45) is 0 Å². The van der Waals surface area contributed by atoms with Crippen molar-refractivity contribution in [3.8, 4) is 11.5 Å². The third-order valence-electron chi connectivity index (χ3n) is 3.87. The van der Waals surface area contributed by atoms with Gasteiger partial charge in [-0.3, -0.25) is 0 Å². The molecule has 1 atom stereocenters. The lowest BCUT2D eigenvalue weighted by Gasteiger charge is -2.21. The van der Waals surface area contributed by atoms with Gasteiger partial charge in [-0.2, -0.15) is 0 Å². The Balaban J connectivity index is 2.11. The number of aromatic nitrogens is 2. The second kappa shape index (κ2) is 5.04. The third kappa shape index (κ3) is 2.47. The van der Waals surface area contributed by atoms with Gasteiger partial charge in [0.25, 0.3) is 0 Å². The van der Waals surface area contributed by atoms with Crippen LogP contribution in [-0.2, 0) is 0 Å². The Hall–Kier alpha value is -2.08. The fraction of sp³-hybridized carbons (Fsp3) is 0.467. The van der Waals surface area contributed by atoms with E-state index in [-0.39, 0.29) is 0 Å². The lowest BCUT2D eigenvalue weighted by Crippen LogP contribution is -2.30. The molecule has 2 heterocycles. The minimum atomic E-state index is -0.673. The maximum Gasteiger partial charge on any atom is 0.162 e. The zero-order chi connectivity index (χ0) is 15.0. The molecule has 1 saturated heterocycles. The number of nitrogens with zero attached hydrogens (tertiary/aromatic N) is 3. The van der Waals surface area contributed by atoms with Gasteiger partial charge in [-0.25, -0.2) is 9.97 Å². The first-order chi connectivity index (χ1) is 10.0. The quantitative estimate of drug-likeness (QED) is 0.926. The molecule has 21 heavy (non-hydrogen) atoms.